The van der Waals surface area contributed by atoms with Crippen molar-refractivity contribution >= 4 is 5.91 Å². The van der Waals surface area contributed by atoms with Crippen LogP contribution in [-0.4, -0.2) is 53.9 Å². The zero-order chi connectivity index (χ0) is 22.0. The van der Waals surface area contributed by atoms with Gasteiger partial charge in [0.25, 0.3) is 0 Å². The van der Waals surface area contributed by atoms with E-state index in [2.05, 4.69) is 10.9 Å². The molecule has 8 nitrogen and oxygen atoms in total. The number of benzene rings is 2. The van der Waals surface area contributed by atoms with Crippen molar-refractivity contribution in [3.8, 4) is 17.2 Å². The first-order valence-corrected chi connectivity index (χ1v) is 10.6. The molecule has 0 aliphatic carbocycles. The fourth-order valence-corrected chi connectivity index (χ4v) is 4.75. The van der Waals surface area contributed by atoms with Gasteiger partial charge in [-0.1, -0.05) is 24.3 Å². The number of phenolic OH excluding ortho intramolecular Hbond substituents is 1. The molecule has 4 unspecified atom stereocenters. The number of phenols is 1. The molecule has 2 saturated heterocycles. The summed E-state index contributed by atoms with van der Waals surface area (Å²) in [6, 6.07) is 11.9. The molecule has 2 aliphatic rings. The number of likely N-dealkylation sites (tertiary alicyclic amines) is 1. The van der Waals surface area contributed by atoms with E-state index in [1.165, 1.54) is 0 Å². The third-order valence-corrected chi connectivity index (χ3v) is 6.07. The molecule has 1 amide bonds. The number of aromatic hydroxyl groups is 1. The molecule has 2 aliphatic heterocycles. The van der Waals surface area contributed by atoms with Crippen LogP contribution in [0.2, 0.25) is 0 Å². The first-order valence-electron chi connectivity index (χ1n) is 10.6. The highest BCUT2D eigenvalue weighted by atomic mass is 16.5. The van der Waals surface area contributed by atoms with E-state index in [0.717, 1.165) is 11.1 Å². The van der Waals surface area contributed by atoms with E-state index < -0.39 is 6.04 Å². The summed E-state index contributed by atoms with van der Waals surface area (Å²) in [5.41, 5.74) is 8.02. The fourth-order valence-electron chi connectivity index (χ4n) is 4.75. The Bertz CT molecular complexity index is 937. The molecule has 0 aromatic heterocycles. The van der Waals surface area contributed by atoms with E-state index in [-0.39, 0.29) is 36.3 Å². The summed E-state index contributed by atoms with van der Waals surface area (Å²) in [6.45, 7) is 2.88. The van der Waals surface area contributed by atoms with E-state index >= 15 is 0 Å². The monoisotopic (exact) mass is 427 g/mol. The minimum Gasteiger partial charge on any atom is -0.508 e. The number of aliphatic hydroxyl groups is 1. The van der Waals surface area contributed by atoms with Crippen molar-refractivity contribution in [2.45, 2.75) is 31.5 Å². The van der Waals surface area contributed by atoms with Crippen LogP contribution in [0.4, 0.5) is 0 Å². The largest absolute Gasteiger partial charge is 0.508 e. The van der Waals surface area contributed by atoms with Gasteiger partial charge >= 0.3 is 0 Å². The second-order valence-electron chi connectivity index (χ2n) is 7.78. The van der Waals surface area contributed by atoms with Gasteiger partial charge in [-0.05, 0) is 37.1 Å². The van der Waals surface area contributed by atoms with Crippen LogP contribution in [-0.2, 0) is 4.79 Å². The summed E-state index contributed by atoms with van der Waals surface area (Å²) in [6.07, 6.45) is 0.491. The van der Waals surface area contributed by atoms with Crippen molar-refractivity contribution in [3.63, 3.8) is 0 Å². The van der Waals surface area contributed by atoms with Gasteiger partial charge in [0.2, 0.25) is 5.91 Å². The zero-order valence-corrected chi connectivity index (χ0v) is 17.7. The number of nitrogens with zero attached hydrogens (tertiary/aromatic N) is 1. The molecule has 4 atom stereocenters. The molecule has 0 bridgehead atoms. The lowest BCUT2D eigenvalue weighted by atomic mass is 9.83. The molecule has 2 heterocycles. The van der Waals surface area contributed by atoms with Crippen molar-refractivity contribution in [1.82, 2.24) is 15.8 Å². The topological polar surface area (TPSA) is 103 Å². The number of para-hydroxylation sites is 1. The van der Waals surface area contributed by atoms with E-state index in [0.29, 0.717) is 31.1 Å². The molecule has 8 heteroatoms. The lowest BCUT2D eigenvalue weighted by molar-refractivity contribution is -0.130. The molecular weight excluding hydrogens is 398 g/mol. The predicted molar refractivity (Wildman–Crippen MR) is 115 cm³/mol. The SMILES string of the molecule is CCOc1ccc(C2C3C(NNC3c3ccccc3O)C(=O)N2CCCO)cc1OC. The van der Waals surface area contributed by atoms with Crippen LogP contribution >= 0.6 is 0 Å². The van der Waals surface area contributed by atoms with Crippen molar-refractivity contribution in [1.29, 1.82) is 0 Å². The van der Waals surface area contributed by atoms with E-state index in [4.69, 9.17) is 9.47 Å². The average Bonchev–Trinajstić information content (AvgIpc) is 3.32. The maximum Gasteiger partial charge on any atom is 0.242 e. The molecule has 4 rings (SSSR count). The van der Waals surface area contributed by atoms with Gasteiger partial charge in [0, 0.05) is 24.6 Å². The Balaban J connectivity index is 1.77. The van der Waals surface area contributed by atoms with Gasteiger partial charge in [-0.3, -0.25) is 4.79 Å². The van der Waals surface area contributed by atoms with Gasteiger partial charge in [-0.2, -0.15) is 0 Å². The third-order valence-electron chi connectivity index (χ3n) is 6.07. The van der Waals surface area contributed by atoms with Gasteiger partial charge in [0.1, 0.15) is 11.8 Å². The number of fused-ring (bicyclic) bond motifs is 1. The Kier molecular flexibility index (Phi) is 6.31. The number of hydrogen-bond acceptors (Lipinski definition) is 7. The summed E-state index contributed by atoms with van der Waals surface area (Å²) in [5.74, 6) is 1.25. The van der Waals surface area contributed by atoms with Gasteiger partial charge in [-0.25, -0.2) is 10.9 Å². The molecule has 4 N–H and O–H groups in total. The molecule has 0 spiro atoms. The Morgan fingerprint density at radius 2 is 1.87 bits per heavy atom. The highest BCUT2D eigenvalue weighted by molar-refractivity contribution is 5.86. The third kappa shape index (κ3) is 3.82. The summed E-state index contributed by atoms with van der Waals surface area (Å²) < 4.78 is 11.2. The van der Waals surface area contributed by atoms with Crippen LogP contribution in [0.1, 0.15) is 36.6 Å². The molecule has 2 fully saturated rings. The van der Waals surface area contributed by atoms with Gasteiger partial charge in [0.15, 0.2) is 11.5 Å². The Labute approximate surface area is 181 Å². The standard InChI is InChI=1S/C23H29N3O5/c1-3-31-17-10-9-14(13-18(17)30-2)22-19-20(15-7-4-5-8-16(15)28)24-25-21(19)23(29)26(22)11-6-12-27/h4-5,7-10,13,19-22,24-25,27-28H,3,6,11-12H2,1-2H3. The predicted octanol–water partition coefficient (Wildman–Crippen LogP) is 1.90. The lowest BCUT2D eigenvalue weighted by Gasteiger charge is -2.31. The van der Waals surface area contributed by atoms with Crippen LogP contribution in [0, 0.1) is 5.92 Å². The van der Waals surface area contributed by atoms with Crippen molar-refractivity contribution < 1.29 is 24.5 Å². The lowest BCUT2D eigenvalue weighted by Crippen LogP contribution is -2.41. The second kappa shape index (κ2) is 9.13. The number of carbonyl (C=O) groups is 1. The number of amides is 1. The second-order valence-corrected chi connectivity index (χ2v) is 7.78. The minimum atomic E-state index is -0.439. The van der Waals surface area contributed by atoms with E-state index in [1.54, 1.807) is 19.2 Å². The van der Waals surface area contributed by atoms with Crippen molar-refractivity contribution in [2.75, 3.05) is 26.9 Å². The van der Waals surface area contributed by atoms with Crippen LogP contribution < -0.4 is 20.3 Å². The Morgan fingerprint density at radius 1 is 1.10 bits per heavy atom. The molecule has 166 valence electrons. The molecule has 0 saturated carbocycles. The number of ether oxygens (including phenoxy) is 2. The number of methoxy groups -OCH3 is 1. The number of aliphatic hydroxyl groups excluding tert-OH is 1. The summed E-state index contributed by atoms with van der Waals surface area (Å²) >= 11 is 0. The maximum atomic E-state index is 13.3. The first-order chi connectivity index (χ1) is 15.1. The summed E-state index contributed by atoms with van der Waals surface area (Å²) in [7, 11) is 1.59. The molecule has 2 aromatic carbocycles. The van der Waals surface area contributed by atoms with Gasteiger partial charge < -0.3 is 24.6 Å². The average molecular weight is 428 g/mol. The first kappa shape index (κ1) is 21.4. The summed E-state index contributed by atoms with van der Waals surface area (Å²) in [4.78, 5) is 15.1. The smallest absolute Gasteiger partial charge is 0.242 e. The van der Waals surface area contributed by atoms with E-state index in [1.807, 2.05) is 42.2 Å². The highest BCUT2D eigenvalue weighted by Crippen LogP contribution is 2.49. The maximum absolute atomic E-state index is 13.3. The van der Waals surface area contributed by atoms with Gasteiger partial charge in [0.05, 0.1) is 25.8 Å². The van der Waals surface area contributed by atoms with Crippen LogP contribution in [0.3, 0.4) is 0 Å². The molecule has 31 heavy (non-hydrogen) atoms. The minimum absolute atomic E-state index is 0.00696. The number of nitrogens with one attached hydrogen (secondary N) is 2. The van der Waals surface area contributed by atoms with Crippen LogP contribution in [0.5, 0.6) is 17.2 Å². The van der Waals surface area contributed by atoms with E-state index in [9.17, 15) is 15.0 Å². The van der Waals surface area contributed by atoms with Crippen molar-refractivity contribution in [2.24, 2.45) is 5.92 Å². The molecule has 0 radical (unpaired) electrons. The van der Waals surface area contributed by atoms with Crippen molar-refractivity contribution in [3.05, 3.63) is 53.6 Å². The molecule has 2 aromatic rings. The quantitative estimate of drug-likeness (QED) is 0.510. The van der Waals surface area contributed by atoms with Crippen LogP contribution in [0.25, 0.3) is 0 Å². The normalized spacial score (nSPS) is 25.0. The number of rotatable bonds is 8. The highest BCUT2D eigenvalue weighted by Gasteiger charge is 2.55. The Morgan fingerprint density at radius 3 is 2.58 bits per heavy atom. The van der Waals surface area contributed by atoms with Gasteiger partial charge in [-0.15, -0.1) is 0 Å². The number of carbonyl (C=O) groups excluding carboxylic acids is 1. The zero-order valence-electron chi connectivity index (χ0n) is 17.7. The number of hydrogen-bond donors (Lipinski definition) is 4. The molecular formula is C23H29N3O5. The Hall–Kier alpha value is -2.81. The summed E-state index contributed by atoms with van der Waals surface area (Å²) in [5, 5.41) is 19.8. The fraction of sp³-hybridized carbons (Fsp3) is 0.435. The number of hydrazine groups is 1. The van der Waals surface area contributed by atoms with Crippen LogP contribution in [0.15, 0.2) is 42.5 Å².